The quantitative estimate of drug-likeness (QED) is 0.125. The first-order valence-corrected chi connectivity index (χ1v) is 20.2. The minimum Gasteiger partial charge on any atom is -0.0622 e. The van der Waals surface area contributed by atoms with Crippen molar-refractivity contribution in [1.29, 1.82) is 0 Å². The maximum Gasteiger partial charge on any atom is -0.00199 e. The molecule has 12 rings (SSSR count). The van der Waals surface area contributed by atoms with Crippen LogP contribution in [0.4, 0.5) is 0 Å². The zero-order valence-electron chi connectivity index (χ0n) is 31.8. The molecule has 58 heavy (non-hydrogen) atoms. The van der Waals surface area contributed by atoms with Crippen molar-refractivity contribution < 1.29 is 0 Å². The number of hydrogen-bond donors (Lipinski definition) is 0. The second-order valence-corrected chi connectivity index (χ2v) is 15.6. The molecule has 0 amide bonds. The molecule has 0 bridgehead atoms. The van der Waals surface area contributed by atoms with Crippen LogP contribution in [0, 0.1) is 0 Å². The second kappa shape index (κ2) is 13.0. The van der Waals surface area contributed by atoms with Crippen molar-refractivity contribution in [2.45, 2.75) is 0 Å². The summed E-state index contributed by atoms with van der Waals surface area (Å²) in [6.07, 6.45) is 0. The predicted molar refractivity (Wildman–Crippen MR) is 251 cm³/mol. The average Bonchev–Trinajstić information content (AvgIpc) is 3.30. The van der Waals surface area contributed by atoms with Gasteiger partial charge >= 0.3 is 0 Å². The third-order valence-electron chi connectivity index (χ3n) is 12.4. The van der Waals surface area contributed by atoms with Gasteiger partial charge in [-0.15, -0.1) is 0 Å². The van der Waals surface area contributed by atoms with Crippen molar-refractivity contribution in [3.63, 3.8) is 0 Å². The van der Waals surface area contributed by atoms with Gasteiger partial charge in [-0.2, -0.15) is 0 Å². The Morgan fingerprint density at radius 1 is 0.172 bits per heavy atom. The third-order valence-corrected chi connectivity index (χ3v) is 12.4. The van der Waals surface area contributed by atoms with E-state index in [0.29, 0.717) is 0 Å². The van der Waals surface area contributed by atoms with Crippen LogP contribution in [0.2, 0.25) is 0 Å². The minimum absolute atomic E-state index is 1.23. The van der Waals surface area contributed by atoms with Gasteiger partial charge in [-0.25, -0.2) is 0 Å². The van der Waals surface area contributed by atoms with Crippen LogP contribution in [0.1, 0.15) is 0 Å². The van der Waals surface area contributed by atoms with Gasteiger partial charge in [0.15, 0.2) is 0 Å². The highest BCUT2D eigenvalue weighted by Crippen LogP contribution is 2.47. The first-order chi connectivity index (χ1) is 28.8. The van der Waals surface area contributed by atoms with Gasteiger partial charge < -0.3 is 0 Å². The Bertz CT molecular complexity index is 3550. The van der Waals surface area contributed by atoms with E-state index in [4.69, 9.17) is 0 Å². The first-order valence-electron chi connectivity index (χ1n) is 20.2. The lowest BCUT2D eigenvalue weighted by Gasteiger charge is -2.20. The number of rotatable bonds is 4. The van der Waals surface area contributed by atoms with Crippen molar-refractivity contribution in [2.24, 2.45) is 0 Å². The van der Waals surface area contributed by atoms with Gasteiger partial charge in [0.25, 0.3) is 0 Å². The predicted octanol–water partition coefficient (Wildman–Crippen LogP) is 16.4. The maximum absolute atomic E-state index is 2.40. The molecule has 0 saturated carbocycles. The van der Waals surface area contributed by atoms with Crippen LogP contribution >= 0.6 is 0 Å². The SMILES string of the molecule is c1ccc(-c2cc3ccccc3cc2-c2ccc3c(ccc4cc(-c5c6ccccc6c(-c6cc7ccccc7c7ccccc67)c6ccccc56)ccc43)c2)cc1. The van der Waals surface area contributed by atoms with Crippen molar-refractivity contribution in [1.82, 2.24) is 0 Å². The molecule has 0 N–H and O–H groups in total. The topological polar surface area (TPSA) is 0 Å². The first kappa shape index (κ1) is 32.7. The molecule has 0 fully saturated rings. The average molecular weight is 733 g/mol. The van der Waals surface area contributed by atoms with Crippen LogP contribution in [0.15, 0.2) is 218 Å². The summed E-state index contributed by atoms with van der Waals surface area (Å²) in [5.74, 6) is 0. The highest BCUT2D eigenvalue weighted by Gasteiger charge is 2.19. The van der Waals surface area contributed by atoms with Crippen molar-refractivity contribution in [2.75, 3.05) is 0 Å². The molecule has 0 atom stereocenters. The van der Waals surface area contributed by atoms with Gasteiger partial charge in [0, 0.05) is 0 Å². The van der Waals surface area contributed by atoms with Gasteiger partial charge in [0.2, 0.25) is 0 Å². The summed E-state index contributed by atoms with van der Waals surface area (Å²) in [7, 11) is 0. The van der Waals surface area contributed by atoms with Gasteiger partial charge in [0.05, 0.1) is 0 Å². The minimum atomic E-state index is 1.23. The molecule has 12 aromatic rings. The summed E-state index contributed by atoms with van der Waals surface area (Å²) in [5.41, 5.74) is 10.0. The lowest BCUT2D eigenvalue weighted by atomic mass is 9.83. The molecule has 0 aromatic heterocycles. The number of benzene rings is 12. The summed E-state index contributed by atoms with van der Waals surface area (Å²) in [6.45, 7) is 0. The fourth-order valence-corrected chi connectivity index (χ4v) is 9.72. The normalized spacial score (nSPS) is 11.8. The standard InChI is InChI=1S/C58H36/c1-2-14-37(15-3-1)54-34-38-16-4-5-17-39(38)35-55(54)43-28-30-46-41(32-43)26-27-42-33-44(29-31-47(42)46)57-50-22-10-12-24-52(50)58(53-25-13-11-23-51(53)57)56-36-40-18-6-7-19-45(40)48-20-8-9-21-49(48)56/h1-36H. The fraction of sp³-hybridized carbons (Fsp3) is 0. The van der Waals surface area contributed by atoms with Crippen molar-refractivity contribution in [3.8, 4) is 44.5 Å². The molecular formula is C58H36. The highest BCUT2D eigenvalue weighted by atomic mass is 14.2. The van der Waals surface area contributed by atoms with E-state index in [0.717, 1.165) is 0 Å². The Balaban J connectivity index is 1.04. The lowest BCUT2D eigenvalue weighted by molar-refractivity contribution is 1.62. The Hall–Kier alpha value is -7.54. The summed E-state index contributed by atoms with van der Waals surface area (Å²) in [4.78, 5) is 0. The molecule has 0 heterocycles. The molecule has 0 aliphatic rings. The molecule has 0 unspecified atom stereocenters. The molecular weight excluding hydrogens is 697 g/mol. The fourth-order valence-electron chi connectivity index (χ4n) is 9.72. The van der Waals surface area contributed by atoms with E-state index in [2.05, 4.69) is 218 Å². The molecule has 12 aromatic carbocycles. The molecule has 0 saturated heterocycles. The van der Waals surface area contributed by atoms with Crippen molar-refractivity contribution in [3.05, 3.63) is 218 Å². The van der Waals surface area contributed by atoms with Crippen LogP contribution in [0.3, 0.4) is 0 Å². The summed E-state index contributed by atoms with van der Waals surface area (Å²) >= 11 is 0. The van der Waals surface area contributed by atoms with E-state index in [-0.39, 0.29) is 0 Å². The Morgan fingerprint density at radius 3 is 1.19 bits per heavy atom. The van der Waals surface area contributed by atoms with E-state index in [9.17, 15) is 0 Å². The van der Waals surface area contributed by atoms with Crippen molar-refractivity contribution >= 4 is 75.4 Å². The van der Waals surface area contributed by atoms with Crippen LogP contribution in [0.25, 0.3) is 120 Å². The van der Waals surface area contributed by atoms with Gasteiger partial charge in [-0.1, -0.05) is 188 Å². The largest absolute Gasteiger partial charge is 0.0622 e. The highest BCUT2D eigenvalue weighted by molar-refractivity contribution is 6.26. The summed E-state index contributed by atoms with van der Waals surface area (Å²) < 4.78 is 0. The van der Waals surface area contributed by atoms with E-state index < -0.39 is 0 Å². The number of fused-ring (bicyclic) bond motifs is 9. The monoisotopic (exact) mass is 732 g/mol. The Labute approximate surface area is 336 Å². The molecule has 0 heteroatoms. The third kappa shape index (κ3) is 5.09. The van der Waals surface area contributed by atoms with Crippen LogP contribution in [-0.4, -0.2) is 0 Å². The second-order valence-electron chi connectivity index (χ2n) is 15.6. The van der Waals surface area contributed by atoms with E-state index >= 15 is 0 Å². The van der Waals surface area contributed by atoms with Gasteiger partial charge in [-0.3, -0.25) is 0 Å². The lowest BCUT2D eigenvalue weighted by Crippen LogP contribution is -1.92. The zero-order valence-corrected chi connectivity index (χ0v) is 31.8. The van der Waals surface area contributed by atoms with E-state index in [1.807, 2.05) is 0 Å². The summed E-state index contributed by atoms with van der Waals surface area (Å²) in [6, 6.07) is 80.9. The zero-order chi connectivity index (χ0) is 38.2. The van der Waals surface area contributed by atoms with Crippen LogP contribution in [0.5, 0.6) is 0 Å². The summed E-state index contributed by atoms with van der Waals surface area (Å²) in [5, 5.41) is 17.7. The molecule has 0 aliphatic carbocycles. The van der Waals surface area contributed by atoms with E-state index in [1.54, 1.807) is 0 Å². The maximum atomic E-state index is 2.40. The van der Waals surface area contributed by atoms with E-state index in [1.165, 1.54) is 120 Å². The molecule has 0 aliphatic heterocycles. The molecule has 0 radical (unpaired) electrons. The van der Waals surface area contributed by atoms with Crippen LogP contribution in [-0.2, 0) is 0 Å². The molecule has 0 spiro atoms. The molecule has 0 nitrogen and oxygen atoms in total. The Kier molecular flexibility index (Phi) is 7.33. The Morgan fingerprint density at radius 2 is 0.569 bits per heavy atom. The van der Waals surface area contributed by atoms with Crippen LogP contribution < -0.4 is 0 Å². The smallest absolute Gasteiger partial charge is 0.00199 e. The van der Waals surface area contributed by atoms with Gasteiger partial charge in [-0.05, 0) is 150 Å². The number of hydrogen-bond acceptors (Lipinski definition) is 0. The van der Waals surface area contributed by atoms with Gasteiger partial charge in [0.1, 0.15) is 0 Å². The molecule has 268 valence electrons.